The van der Waals surface area contributed by atoms with Crippen molar-refractivity contribution in [3.05, 3.63) is 54.2 Å². The van der Waals surface area contributed by atoms with Crippen molar-refractivity contribution in [2.45, 2.75) is 38.8 Å². The molecule has 1 atom stereocenters. The Kier molecular flexibility index (Phi) is 7.43. The van der Waals surface area contributed by atoms with Crippen LogP contribution in [0, 0.1) is 0 Å². The number of nitrogens with zero attached hydrogens (tertiary/aromatic N) is 7. The number of carbonyl (C=O) groups excluding carboxylic acids is 1. The Labute approximate surface area is 220 Å². The number of hydrogen-bond acceptors (Lipinski definition) is 8. The van der Waals surface area contributed by atoms with Crippen LogP contribution in [-0.2, 0) is 7.05 Å². The molecule has 1 aromatic carbocycles. The minimum atomic E-state index is -1.17. The van der Waals surface area contributed by atoms with E-state index in [-0.39, 0.29) is 30.1 Å². The van der Waals surface area contributed by atoms with Crippen LogP contribution >= 0.6 is 0 Å². The fourth-order valence-corrected chi connectivity index (χ4v) is 4.57. The van der Waals surface area contributed by atoms with E-state index >= 15 is 0 Å². The summed E-state index contributed by atoms with van der Waals surface area (Å²) in [4.78, 5) is 32.8. The number of anilines is 1. The second-order valence-corrected chi connectivity index (χ2v) is 9.51. The normalized spacial score (nSPS) is 15.0. The summed E-state index contributed by atoms with van der Waals surface area (Å²) in [6.07, 6.45) is 6.21. The second-order valence-electron chi connectivity index (χ2n) is 9.51. The van der Waals surface area contributed by atoms with Gasteiger partial charge >= 0.3 is 6.01 Å². The van der Waals surface area contributed by atoms with Gasteiger partial charge in [0.25, 0.3) is 5.91 Å². The van der Waals surface area contributed by atoms with E-state index in [2.05, 4.69) is 36.3 Å². The monoisotopic (exact) mass is 518 g/mol. The van der Waals surface area contributed by atoms with Gasteiger partial charge in [-0.15, -0.1) is 0 Å². The van der Waals surface area contributed by atoms with E-state index in [0.29, 0.717) is 25.5 Å². The summed E-state index contributed by atoms with van der Waals surface area (Å²) in [6.45, 7) is 4.95. The van der Waals surface area contributed by atoms with Gasteiger partial charge in [-0.2, -0.15) is 15.1 Å². The molecule has 1 amide bonds. The highest BCUT2D eigenvalue weighted by Gasteiger charge is 2.25. The molecule has 4 aromatic rings. The largest absolute Gasteiger partial charge is 0.460 e. The molecule has 1 aliphatic rings. The van der Waals surface area contributed by atoms with Crippen LogP contribution in [0.3, 0.4) is 0 Å². The fraction of sp³-hybridized carbons (Fsp3) is 0.407. The highest BCUT2D eigenvalue weighted by atomic mass is 19.1. The van der Waals surface area contributed by atoms with Crippen LogP contribution in [0.2, 0.25) is 0 Å². The predicted molar refractivity (Wildman–Crippen MR) is 142 cm³/mol. The number of aromatic nitrogens is 6. The molecule has 10 nitrogen and oxygen atoms in total. The number of alkyl halides is 1. The molecule has 1 aliphatic heterocycles. The minimum absolute atomic E-state index is 0.000178. The third kappa shape index (κ3) is 5.71. The van der Waals surface area contributed by atoms with Crippen molar-refractivity contribution >= 4 is 22.8 Å². The first-order chi connectivity index (χ1) is 18.4. The average molecular weight is 519 g/mol. The topological polar surface area (TPSA) is 111 Å². The first-order valence-corrected chi connectivity index (χ1v) is 12.8. The van der Waals surface area contributed by atoms with Gasteiger partial charge in [-0.05, 0) is 44.4 Å². The Morgan fingerprint density at radius 2 is 1.95 bits per heavy atom. The highest BCUT2D eigenvalue weighted by molar-refractivity contribution is 5.93. The van der Waals surface area contributed by atoms with Crippen LogP contribution in [-0.4, -0.2) is 68.0 Å². The Hall–Kier alpha value is -4.15. The molecule has 1 fully saturated rings. The van der Waals surface area contributed by atoms with Crippen LogP contribution in [0.4, 0.5) is 10.2 Å². The number of halogens is 1. The van der Waals surface area contributed by atoms with Gasteiger partial charge in [-0.3, -0.25) is 14.5 Å². The third-order valence-corrected chi connectivity index (χ3v) is 6.54. The number of carbonyl (C=O) groups is 1. The highest BCUT2D eigenvalue weighted by Crippen LogP contribution is 2.31. The lowest BCUT2D eigenvalue weighted by Gasteiger charge is -2.32. The van der Waals surface area contributed by atoms with Gasteiger partial charge in [0.1, 0.15) is 24.3 Å². The van der Waals surface area contributed by atoms with Gasteiger partial charge < -0.3 is 15.0 Å². The number of aryl methyl sites for hydroxylation is 1. The van der Waals surface area contributed by atoms with Gasteiger partial charge in [0.15, 0.2) is 0 Å². The van der Waals surface area contributed by atoms with Gasteiger partial charge in [-0.25, -0.2) is 9.37 Å². The number of amides is 1. The van der Waals surface area contributed by atoms with Crippen LogP contribution in [0.1, 0.15) is 48.8 Å². The van der Waals surface area contributed by atoms with Crippen molar-refractivity contribution < 1.29 is 13.9 Å². The summed E-state index contributed by atoms with van der Waals surface area (Å²) >= 11 is 0. The Balaban J connectivity index is 1.32. The lowest BCUT2D eigenvalue weighted by Crippen LogP contribution is -2.34. The zero-order chi connectivity index (χ0) is 26.6. The lowest BCUT2D eigenvalue weighted by molar-refractivity contribution is 0.0948. The van der Waals surface area contributed by atoms with Crippen molar-refractivity contribution in [3.8, 4) is 17.1 Å². The number of ether oxygens (including phenoxy) is 1. The molecular formula is C27H31FN8O2. The average Bonchev–Trinajstić information content (AvgIpc) is 3.37. The van der Waals surface area contributed by atoms with Crippen molar-refractivity contribution in [1.29, 1.82) is 0 Å². The maximum Gasteiger partial charge on any atom is 0.319 e. The molecule has 0 aliphatic carbocycles. The number of benzene rings is 1. The van der Waals surface area contributed by atoms with E-state index in [0.717, 1.165) is 40.7 Å². The summed E-state index contributed by atoms with van der Waals surface area (Å²) in [5, 5.41) is 7.01. The summed E-state index contributed by atoms with van der Waals surface area (Å²) < 4.78 is 20.5. The van der Waals surface area contributed by atoms with Gasteiger partial charge in [0.2, 0.25) is 0 Å². The predicted octanol–water partition coefficient (Wildman–Crippen LogP) is 3.69. The Morgan fingerprint density at radius 3 is 2.66 bits per heavy atom. The molecule has 3 aromatic heterocycles. The fourth-order valence-electron chi connectivity index (χ4n) is 4.57. The van der Waals surface area contributed by atoms with Crippen molar-refractivity contribution in [3.63, 3.8) is 0 Å². The number of fused-ring (bicyclic) bond motifs is 1. The summed E-state index contributed by atoms with van der Waals surface area (Å²) in [5.74, 6) is 0.520. The molecule has 5 rings (SSSR count). The third-order valence-electron chi connectivity index (χ3n) is 6.54. The Bertz CT molecular complexity index is 1430. The molecule has 38 heavy (non-hydrogen) atoms. The summed E-state index contributed by atoms with van der Waals surface area (Å²) in [5.41, 5.74) is 4.97. The molecule has 0 spiro atoms. The van der Waals surface area contributed by atoms with E-state index in [1.807, 2.05) is 44.7 Å². The molecule has 0 bridgehead atoms. The Morgan fingerprint density at radius 1 is 1.13 bits per heavy atom. The van der Waals surface area contributed by atoms with Crippen LogP contribution in [0.5, 0.6) is 6.01 Å². The first kappa shape index (κ1) is 25.5. The van der Waals surface area contributed by atoms with E-state index in [9.17, 15) is 9.18 Å². The SMILES string of the molecule is CCNC(=O)c1cc(N2CCC(c3cnc4ccc(-c5cnn(C)c5)cc4n3)CC2)nc(OCC(C)F)n1. The molecule has 1 saturated heterocycles. The van der Waals surface area contributed by atoms with E-state index in [1.165, 1.54) is 6.92 Å². The number of hydrogen-bond donors (Lipinski definition) is 1. The van der Waals surface area contributed by atoms with Crippen LogP contribution in [0.15, 0.2) is 42.9 Å². The molecule has 1 N–H and O–H groups in total. The molecule has 4 heterocycles. The van der Waals surface area contributed by atoms with Crippen LogP contribution in [0.25, 0.3) is 22.2 Å². The van der Waals surface area contributed by atoms with Crippen molar-refractivity contribution in [2.75, 3.05) is 31.1 Å². The smallest absolute Gasteiger partial charge is 0.319 e. The maximum absolute atomic E-state index is 13.3. The summed E-state index contributed by atoms with van der Waals surface area (Å²) in [6, 6.07) is 7.74. The van der Waals surface area contributed by atoms with Crippen molar-refractivity contribution in [2.24, 2.45) is 7.05 Å². The molecule has 198 valence electrons. The van der Waals surface area contributed by atoms with E-state index in [1.54, 1.807) is 10.7 Å². The zero-order valence-corrected chi connectivity index (χ0v) is 21.8. The number of nitrogens with one attached hydrogen (secondary N) is 1. The first-order valence-electron chi connectivity index (χ1n) is 12.8. The van der Waals surface area contributed by atoms with Gasteiger partial charge in [0.05, 0.1) is 22.9 Å². The van der Waals surface area contributed by atoms with Crippen LogP contribution < -0.4 is 15.0 Å². The van der Waals surface area contributed by atoms with E-state index in [4.69, 9.17) is 9.72 Å². The standard InChI is InChI=1S/C27H31FN8O2/c1-4-29-26(37)23-12-25(34-27(33-23)38-16-17(2)28)36-9-7-18(8-10-36)24-14-30-21-6-5-19(11-22(21)32-24)20-13-31-35(3)15-20/h5-6,11-15,17-18H,4,7-10,16H2,1-3H3,(H,29,37). The molecular weight excluding hydrogens is 487 g/mol. The van der Waals surface area contributed by atoms with Crippen molar-refractivity contribution in [1.82, 2.24) is 35.0 Å². The quantitative estimate of drug-likeness (QED) is 0.376. The zero-order valence-electron chi connectivity index (χ0n) is 21.8. The molecule has 1 unspecified atom stereocenters. The summed E-state index contributed by atoms with van der Waals surface area (Å²) in [7, 11) is 1.90. The minimum Gasteiger partial charge on any atom is -0.460 e. The number of rotatable bonds is 8. The maximum atomic E-state index is 13.3. The lowest BCUT2D eigenvalue weighted by atomic mass is 9.93. The van der Waals surface area contributed by atoms with Gasteiger partial charge in [0, 0.05) is 56.6 Å². The molecule has 11 heteroatoms. The number of piperidine rings is 1. The van der Waals surface area contributed by atoms with Gasteiger partial charge in [-0.1, -0.05) is 6.07 Å². The second kappa shape index (κ2) is 11.1. The molecule has 0 radical (unpaired) electrons. The molecule has 0 saturated carbocycles. The van der Waals surface area contributed by atoms with E-state index < -0.39 is 6.17 Å².